The Morgan fingerprint density at radius 1 is 1.28 bits per heavy atom. The van der Waals surface area contributed by atoms with Crippen LogP contribution in [0.2, 0.25) is 0 Å². The second-order valence-electron chi connectivity index (χ2n) is 7.38. The Bertz CT molecular complexity index is 775. The third-order valence-corrected chi connectivity index (χ3v) is 4.15. The molecule has 25 heavy (non-hydrogen) atoms. The van der Waals surface area contributed by atoms with Crippen LogP contribution in [0.25, 0.3) is 11.0 Å². The fraction of sp³-hybridized carbons (Fsp3) is 0.474. The van der Waals surface area contributed by atoms with E-state index in [4.69, 9.17) is 9.15 Å². The lowest BCUT2D eigenvalue weighted by molar-refractivity contribution is 0.0185. The lowest BCUT2D eigenvalue weighted by Gasteiger charge is -2.34. The van der Waals surface area contributed by atoms with E-state index >= 15 is 0 Å². The third-order valence-electron chi connectivity index (χ3n) is 4.15. The molecule has 6 heteroatoms. The number of likely N-dealkylation sites (tertiary alicyclic amines) is 1. The summed E-state index contributed by atoms with van der Waals surface area (Å²) in [5.41, 5.74) is 0.747. The summed E-state index contributed by atoms with van der Waals surface area (Å²) in [5, 5.41) is 3.83. The quantitative estimate of drug-likeness (QED) is 0.904. The number of carbonyl (C=O) groups excluding carboxylic acids is 2. The zero-order valence-electron chi connectivity index (χ0n) is 14.9. The minimum absolute atomic E-state index is 0.0871. The predicted octanol–water partition coefficient (Wildman–Crippen LogP) is 3.56. The molecule has 0 radical (unpaired) electrons. The van der Waals surface area contributed by atoms with E-state index in [9.17, 15) is 9.59 Å². The monoisotopic (exact) mass is 344 g/mol. The highest BCUT2D eigenvalue weighted by atomic mass is 16.6. The Hall–Kier alpha value is -2.50. The van der Waals surface area contributed by atoms with Crippen molar-refractivity contribution in [3.05, 3.63) is 36.1 Å². The normalized spacial score (nSPS) is 18.2. The van der Waals surface area contributed by atoms with Gasteiger partial charge in [0.15, 0.2) is 0 Å². The summed E-state index contributed by atoms with van der Waals surface area (Å²) < 4.78 is 10.8. The molecule has 1 aromatic heterocycles. The van der Waals surface area contributed by atoms with Crippen LogP contribution in [-0.2, 0) is 4.74 Å². The summed E-state index contributed by atoms with van der Waals surface area (Å²) in [5.74, 6) is -0.150. The van der Waals surface area contributed by atoms with Gasteiger partial charge < -0.3 is 19.4 Å². The van der Waals surface area contributed by atoms with Crippen LogP contribution in [0.1, 0.15) is 44.0 Å². The molecule has 0 spiro atoms. The molecule has 2 aromatic rings. The SMILES string of the molecule is CC(C)(C)OC(=O)N1CCC[C@@H](NC(=O)c2cccc3occc23)C1. The van der Waals surface area contributed by atoms with Crippen molar-refractivity contribution >= 4 is 23.0 Å². The number of rotatable bonds is 2. The van der Waals surface area contributed by atoms with Crippen molar-refractivity contribution in [3.8, 4) is 0 Å². The van der Waals surface area contributed by atoms with E-state index in [0.717, 1.165) is 18.2 Å². The first-order chi connectivity index (χ1) is 11.8. The molecule has 0 saturated carbocycles. The maximum atomic E-state index is 12.6. The van der Waals surface area contributed by atoms with E-state index in [-0.39, 0.29) is 18.0 Å². The molecule has 2 amide bonds. The van der Waals surface area contributed by atoms with Crippen molar-refractivity contribution in [2.45, 2.75) is 45.3 Å². The molecule has 134 valence electrons. The van der Waals surface area contributed by atoms with Gasteiger partial charge in [-0.05, 0) is 51.8 Å². The molecule has 1 aliphatic heterocycles. The van der Waals surface area contributed by atoms with Gasteiger partial charge in [0.1, 0.15) is 11.2 Å². The van der Waals surface area contributed by atoms with Crippen LogP contribution >= 0.6 is 0 Å². The lowest BCUT2D eigenvalue weighted by atomic mass is 10.0. The van der Waals surface area contributed by atoms with E-state index in [0.29, 0.717) is 24.2 Å². The molecular weight excluding hydrogens is 320 g/mol. The fourth-order valence-corrected chi connectivity index (χ4v) is 3.04. The number of hydrogen-bond donors (Lipinski definition) is 1. The van der Waals surface area contributed by atoms with Crippen molar-refractivity contribution in [3.63, 3.8) is 0 Å². The minimum atomic E-state index is -0.524. The van der Waals surface area contributed by atoms with E-state index in [2.05, 4.69) is 5.32 Å². The fourth-order valence-electron chi connectivity index (χ4n) is 3.04. The molecule has 1 aromatic carbocycles. The maximum absolute atomic E-state index is 12.6. The minimum Gasteiger partial charge on any atom is -0.464 e. The van der Waals surface area contributed by atoms with Crippen molar-refractivity contribution in [1.29, 1.82) is 0 Å². The van der Waals surface area contributed by atoms with Crippen LogP contribution in [0, 0.1) is 0 Å². The molecule has 1 saturated heterocycles. The van der Waals surface area contributed by atoms with Crippen LogP contribution in [0.3, 0.4) is 0 Å². The summed E-state index contributed by atoms with van der Waals surface area (Å²) in [6.45, 7) is 6.65. The van der Waals surface area contributed by atoms with Gasteiger partial charge in [-0.15, -0.1) is 0 Å². The Morgan fingerprint density at radius 2 is 2.08 bits per heavy atom. The number of hydrogen-bond acceptors (Lipinski definition) is 4. The zero-order chi connectivity index (χ0) is 18.0. The average molecular weight is 344 g/mol. The second kappa shape index (κ2) is 6.78. The first-order valence-corrected chi connectivity index (χ1v) is 8.58. The van der Waals surface area contributed by atoms with E-state index in [1.165, 1.54) is 0 Å². The van der Waals surface area contributed by atoms with Gasteiger partial charge in [-0.3, -0.25) is 4.79 Å². The number of furan rings is 1. The molecule has 0 aliphatic carbocycles. The second-order valence-corrected chi connectivity index (χ2v) is 7.38. The van der Waals surface area contributed by atoms with Crippen molar-refractivity contribution in [2.75, 3.05) is 13.1 Å². The van der Waals surface area contributed by atoms with Crippen molar-refractivity contribution < 1.29 is 18.7 Å². The Labute approximate surface area is 147 Å². The van der Waals surface area contributed by atoms with Crippen LogP contribution in [0.5, 0.6) is 0 Å². The van der Waals surface area contributed by atoms with E-state index in [1.54, 1.807) is 29.4 Å². The molecule has 0 unspecified atom stereocenters. The first kappa shape index (κ1) is 17.3. The molecule has 1 fully saturated rings. The molecule has 1 atom stereocenters. The Morgan fingerprint density at radius 3 is 2.84 bits per heavy atom. The highest BCUT2D eigenvalue weighted by Crippen LogP contribution is 2.21. The Kier molecular flexibility index (Phi) is 4.70. The maximum Gasteiger partial charge on any atom is 0.410 e. The van der Waals surface area contributed by atoms with Gasteiger partial charge in [0.25, 0.3) is 5.91 Å². The summed E-state index contributed by atoms with van der Waals surface area (Å²) >= 11 is 0. The van der Waals surface area contributed by atoms with E-state index < -0.39 is 5.60 Å². The average Bonchev–Trinajstić information content (AvgIpc) is 3.02. The topological polar surface area (TPSA) is 71.8 Å². The van der Waals surface area contributed by atoms with Gasteiger partial charge in [-0.25, -0.2) is 4.79 Å². The standard InChI is InChI=1S/C19H24N2O4/c1-19(2,3)25-18(23)21-10-5-6-13(12-21)20-17(22)15-7-4-8-16-14(15)9-11-24-16/h4,7-9,11,13H,5-6,10,12H2,1-3H3,(H,20,22)/t13-/m1/s1. The number of carbonyl (C=O) groups is 2. The number of benzene rings is 1. The first-order valence-electron chi connectivity index (χ1n) is 8.58. The largest absolute Gasteiger partial charge is 0.464 e. The zero-order valence-corrected chi connectivity index (χ0v) is 14.9. The molecule has 1 N–H and O–H groups in total. The van der Waals surface area contributed by atoms with Crippen LogP contribution in [0.4, 0.5) is 4.79 Å². The molecule has 2 heterocycles. The predicted molar refractivity (Wildman–Crippen MR) is 94.5 cm³/mol. The summed E-state index contributed by atoms with van der Waals surface area (Å²) in [7, 11) is 0. The highest BCUT2D eigenvalue weighted by molar-refractivity contribution is 6.06. The van der Waals surface area contributed by atoms with Gasteiger partial charge in [-0.1, -0.05) is 6.07 Å². The van der Waals surface area contributed by atoms with Gasteiger partial charge in [0.05, 0.1) is 11.8 Å². The summed E-state index contributed by atoms with van der Waals surface area (Å²) in [4.78, 5) is 26.5. The Balaban J connectivity index is 1.65. The molecule has 6 nitrogen and oxygen atoms in total. The number of nitrogens with zero attached hydrogens (tertiary/aromatic N) is 1. The number of amides is 2. The number of nitrogens with one attached hydrogen (secondary N) is 1. The molecule has 3 rings (SSSR count). The highest BCUT2D eigenvalue weighted by Gasteiger charge is 2.28. The van der Waals surface area contributed by atoms with Gasteiger partial charge >= 0.3 is 6.09 Å². The van der Waals surface area contributed by atoms with Crippen molar-refractivity contribution in [2.24, 2.45) is 0 Å². The van der Waals surface area contributed by atoms with Gasteiger partial charge in [0.2, 0.25) is 0 Å². The van der Waals surface area contributed by atoms with Crippen LogP contribution in [0.15, 0.2) is 34.9 Å². The molecule has 0 bridgehead atoms. The molecule has 1 aliphatic rings. The van der Waals surface area contributed by atoms with Gasteiger partial charge in [0, 0.05) is 24.5 Å². The van der Waals surface area contributed by atoms with Crippen molar-refractivity contribution in [1.82, 2.24) is 10.2 Å². The van der Waals surface area contributed by atoms with Crippen LogP contribution < -0.4 is 5.32 Å². The number of fused-ring (bicyclic) bond motifs is 1. The van der Waals surface area contributed by atoms with Crippen LogP contribution in [-0.4, -0.2) is 41.6 Å². The molecular formula is C19H24N2O4. The summed E-state index contributed by atoms with van der Waals surface area (Å²) in [6.07, 6.45) is 2.92. The number of ether oxygens (including phenoxy) is 1. The summed E-state index contributed by atoms with van der Waals surface area (Å²) in [6, 6.07) is 7.11. The smallest absolute Gasteiger partial charge is 0.410 e. The number of piperidine rings is 1. The third kappa shape index (κ3) is 4.13. The van der Waals surface area contributed by atoms with E-state index in [1.807, 2.05) is 26.8 Å². The van der Waals surface area contributed by atoms with Gasteiger partial charge in [-0.2, -0.15) is 0 Å². The lowest BCUT2D eigenvalue weighted by Crippen LogP contribution is -2.50.